The Morgan fingerprint density at radius 2 is 0.645 bits per heavy atom. The molecule has 3 aromatic rings. The van der Waals surface area contributed by atoms with Crippen LogP contribution in [0.25, 0.3) is 0 Å². The summed E-state index contributed by atoms with van der Waals surface area (Å²) in [6.07, 6.45) is -17.3. The SMILES string of the molecule is C.COC[C@H](NC(=O)CC(O)C(C)(C)C)c1cccc(OC(F)(F)F)c1.COC[C@H](NC(=O)C[C@@H](O)C(C)(C)C)c1cccc(OC(F)(F)F)c1.COC[C@H](NC(=O)C[C@H](O)C(C)(C)C)c1cccc(OC(F)(F)F)c1. The molecular weight excluding hydrogens is 1030 g/mol. The van der Waals surface area contributed by atoms with Crippen molar-refractivity contribution in [2.24, 2.45) is 16.2 Å². The average molecular weight is 1110 g/mol. The Bertz CT molecular complexity index is 1950. The molecule has 0 bridgehead atoms. The van der Waals surface area contributed by atoms with Crippen LogP contribution in [0.3, 0.4) is 0 Å². The van der Waals surface area contributed by atoms with Crippen LogP contribution < -0.4 is 30.2 Å². The molecule has 0 aliphatic carbocycles. The molecule has 0 fully saturated rings. The van der Waals surface area contributed by atoms with Crippen LogP contribution in [0.2, 0.25) is 0 Å². The van der Waals surface area contributed by atoms with E-state index in [1.165, 1.54) is 75.9 Å². The van der Waals surface area contributed by atoms with E-state index >= 15 is 0 Å². The maximum absolute atomic E-state index is 12.3. The first-order chi connectivity index (χ1) is 34.3. The first kappa shape index (κ1) is 70.6. The van der Waals surface area contributed by atoms with Gasteiger partial charge in [0.25, 0.3) is 0 Å². The summed E-state index contributed by atoms with van der Waals surface area (Å²) >= 11 is 0. The van der Waals surface area contributed by atoms with E-state index in [-0.39, 0.29) is 63.8 Å². The zero-order chi connectivity index (χ0) is 57.8. The van der Waals surface area contributed by atoms with E-state index in [4.69, 9.17) is 14.2 Å². The van der Waals surface area contributed by atoms with Crippen LogP contribution in [0.5, 0.6) is 17.2 Å². The number of nitrogens with one attached hydrogen (secondary N) is 3. The van der Waals surface area contributed by atoms with Gasteiger partial charge in [-0.1, -0.05) is 106 Å². The second-order valence-electron chi connectivity index (χ2n) is 20.3. The molecule has 0 saturated heterocycles. The lowest BCUT2D eigenvalue weighted by molar-refractivity contribution is -0.275. The minimum Gasteiger partial charge on any atom is -0.406 e. The smallest absolute Gasteiger partial charge is 0.406 e. The summed E-state index contributed by atoms with van der Waals surface area (Å²) < 4.78 is 138. The highest BCUT2D eigenvalue weighted by molar-refractivity contribution is 5.78. The average Bonchev–Trinajstić information content (AvgIpc) is 3.24. The lowest BCUT2D eigenvalue weighted by atomic mass is 9.87. The van der Waals surface area contributed by atoms with E-state index in [9.17, 15) is 69.2 Å². The number of halogens is 9. The van der Waals surface area contributed by atoms with Gasteiger partial charge in [-0.2, -0.15) is 0 Å². The lowest BCUT2D eigenvalue weighted by Crippen LogP contribution is -2.37. The summed E-state index contributed by atoms with van der Waals surface area (Å²) in [5.41, 5.74) is -0.177. The Morgan fingerprint density at radius 3 is 0.816 bits per heavy atom. The molecule has 24 heteroatoms. The molecule has 0 aliphatic rings. The van der Waals surface area contributed by atoms with Gasteiger partial charge < -0.3 is 59.7 Å². The van der Waals surface area contributed by atoms with Crippen LogP contribution in [0.15, 0.2) is 72.8 Å². The van der Waals surface area contributed by atoms with Crippen molar-refractivity contribution in [3.8, 4) is 17.2 Å². The predicted octanol–water partition coefficient (Wildman–Crippen LogP) is 10.2. The molecule has 434 valence electrons. The maximum atomic E-state index is 12.3. The molecule has 0 saturated carbocycles. The monoisotopic (exact) mass is 1110 g/mol. The van der Waals surface area contributed by atoms with E-state index in [1.54, 1.807) is 80.5 Å². The fourth-order valence-electron chi connectivity index (χ4n) is 6.15. The second kappa shape index (κ2) is 31.1. The zero-order valence-corrected chi connectivity index (χ0v) is 44.1. The molecule has 1 unspecified atom stereocenters. The van der Waals surface area contributed by atoms with Gasteiger partial charge in [-0.05, 0) is 69.3 Å². The standard InChI is InChI=1S/3C17H24F3NO4.CH4/c3*1-16(2,3)14(22)9-15(23)21-13(10-24-4)11-6-5-7-12(8-11)25-17(18,19)20;/h3*5-8,13-14,22H,9-10H2,1-4H3,(H,21,23);1H4/t13-,14?;13-,14+;13-,14-;/m000./s1. The van der Waals surface area contributed by atoms with Gasteiger partial charge in [0.15, 0.2) is 0 Å². The van der Waals surface area contributed by atoms with Gasteiger partial charge in [-0.3, -0.25) is 14.4 Å². The van der Waals surface area contributed by atoms with E-state index in [0.29, 0.717) is 16.7 Å². The number of ether oxygens (including phenoxy) is 6. The number of aliphatic hydroxyl groups is 3. The molecule has 6 atom stereocenters. The summed E-state index contributed by atoms with van der Waals surface area (Å²) in [6.45, 7) is 16.4. The van der Waals surface area contributed by atoms with Crippen molar-refractivity contribution >= 4 is 17.7 Å². The first-order valence-electron chi connectivity index (χ1n) is 23.2. The molecule has 0 spiro atoms. The third-order valence-electron chi connectivity index (χ3n) is 10.6. The number of alkyl halides is 9. The van der Waals surface area contributed by atoms with Gasteiger partial charge in [0.2, 0.25) is 17.7 Å². The zero-order valence-electron chi connectivity index (χ0n) is 44.1. The molecule has 3 rings (SSSR count). The van der Waals surface area contributed by atoms with Crippen LogP contribution in [0.1, 0.15) is 124 Å². The Hall–Kier alpha value is -5.40. The number of methoxy groups -OCH3 is 3. The van der Waals surface area contributed by atoms with Crippen molar-refractivity contribution in [3.63, 3.8) is 0 Å². The van der Waals surface area contributed by atoms with Gasteiger partial charge in [-0.15, -0.1) is 39.5 Å². The molecule has 0 aliphatic heterocycles. The summed E-state index contributed by atoms with van der Waals surface area (Å²) in [7, 11) is 4.25. The molecule has 0 aromatic heterocycles. The normalized spacial score (nSPS) is 14.5. The molecule has 76 heavy (non-hydrogen) atoms. The maximum Gasteiger partial charge on any atom is 0.573 e. The second-order valence-corrected chi connectivity index (χ2v) is 20.3. The summed E-state index contributed by atoms with van der Waals surface area (Å²) in [5, 5.41) is 38.0. The number of hydrogen-bond donors (Lipinski definition) is 6. The number of amides is 3. The third kappa shape index (κ3) is 29.8. The minimum atomic E-state index is -4.80. The molecule has 15 nitrogen and oxygen atoms in total. The molecular formula is C52H76F9N3O12. The van der Waals surface area contributed by atoms with E-state index in [2.05, 4.69) is 30.2 Å². The van der Waals surface area contributed by atoms with Gasteiger partial charge in [0, 0.05) is 21.3 Å². The van der Waals surface area contributed by atoms with Gasteiger partial charge in [0.05, 0.1) is 75.5 Å². The Kier molecular flexibility index (Phi) is 28.9. The molecule has 3 aromatic carbocycles. The van der Waals surface area contributed by atoms with Crippen molar-refractivity contribution < 1.29 is 97.6 Å². The number of carbonyl (C=O) groups excluding carboxylic acids is 3. The topological polar surface area (TPSA) is 203 Å². The van der Waals surface area contributed by atoms with E-state index < -0.39 is 89.5 Å². The van der Waals surface area contributed by atoms with Crippen molar-refractivity contribution in [1.82, 2.24) is 16.0 Å². The van der Waals surface area contributed by atoms with Crippen LogP contribution >= 0.6 is 0 Å². The highest BCUT2D eigenvalue weighted by Gasteiger charge is 2.34. The Labute approximate surface area is 439 Å². The number of rotatable bonds is 21. The molecule has 6 N–H and O–H groups in total. The van der Waals surface area contributed by atoms with Crippen molar-refractivity contribution in [2.75, 3.05) is 41.2 Å². The van der Waals surface area contributed by atoms with Gasteiger partial charge in [-0.25, -0.2) is 0 Å². The molecule has 0 heterocycles. The van der Waals surface area contributed by atoms with Crippen LogP contribution in [0, 0.1) is 16.2 Å². The van der Waals surface area contributed by atoms with E-state index in [0.717, 1.165) is 0 Å². The number of aliphatic hydroxyl groups excluding tert-OH is 3. The number of benzene rings is 3. The lowest BCUT2D eigenvalue weighted by Gasteiger charge is -2.26. The Balaban J connectivity index is 0.00000110. The van der Waals surface area contributed by atoms with Crippen LogP contribution in [-0.4, -0.2) is 112 Å². The first-order valence-corrected chi connectivity index (χ1v) is 23.2. The van der Waals surface area contributed by atoms with Crippen molar-refractivity contribution in [1.29, 1.82) is 0 Å². The quantitative estimate of drug-likeness (QED) is 0.0552. The van der Waals surface area contributed by atoms with Crippen molar-refractivity contribution in [3.05, 3.63) is 89.5 Å². The summed E-state index contributed by atoms with van der Waals surface area (Å²) in [6, 6.07) is 14.0. The van der Waals surface area contributed by atoms with Crippen molar-refractivity contribution in [2.45, 2.75) is 145 Å². The highest BCUT2D eigenvalue weighted by Crippen LogP contribution is 2.30. The van der Waals surface area contributed by atoms with Crippen LogP contribution in [-0.2, 0) is 28.6 Å². The largest absolute Gasteiger partial charge is 0.573 e. The fourth-order valence-corrected chi connectivity index (χ4v) is 6.15. The molecule has 3 amide bonds. The third-order valence-corrected chi connectivity index (χ3v) is 10.6. The number of hydrogen-bond acceptors (Lipinski definition) is 12. The van der Waals surface area contributed by atoms with E-state index in [1.807, 2.05) is 0 Å². The predicted molar refractivity (Wildman–Crippen MR) is 265 cm³/mol. The van der Waals surface area contributed by atoms with Gasteiger partial charge >= 0.3 is 19.1 Å². The highest BCUT2D eigenvalue weighted by atomic mass is 19.4. The minimum absolute atomic E-state index is 0. The van der Waals surface area contributed by atoms with Crippen LogP contribution in [0.4, 0.5) is 39.5 Å². The molecule has 0 radical (unpaired) electrons. The summed E-state index contributed by atoms with van der Waals surface area (Å²) in [4.78, 5) is 36.4. The summed E-state index contributed by atoms with van der Waals surface area (Å²) in [5.74, 6) is -2.41. The number of carbonyl (C=O) groups is 3. The Morgan fingerprint density at radius 1 is 0.434 bits per heavy atom. The fraction of sp³-hybridized carbons (Fsp3) is 0.596. The van der Waals surface area contributed by atoms with Gasteiger partial charge in [0.1, 0.15) is 17.2 Å².